The predicted molar refractivity (Wildman–Crippen MR) is 46.4 cm³/mol. The lowest BCUT2D eigenvalue weighted by atomic mass is 10.3. The molecule has 64 valence electrons. The van der Waals surface area contributed by atoms with Crippen LogP contribution in [0.3, 0.4) is 0 Å². The molecule has 0 bridgehead atoms. The fourth-order valence-electron chi connectivity index (χ4n) is 0.738. The van der Waals surface area contributed by atoms with E-state index in [9.17, 15) is 4.79 Å². The van der Waals surface area contributed by atoms with Crippen molar-refractivity contribution in [3.05, 3.63) is 12.7 Å². The quantitative estimate of drug-likeness (QED) is 0.591. The van der Waals surface area contributed by atoms with Crippen LogP contribution in [0, 0.1) is 0 Å². The Morgan fingerprint density at radius 3 is 2.73 bits per heavy atom. The largest absolute Gasteiger partial charge is 0.341 e. The molecule has 0 heterocycles. The summed E-state index contributed by atoms with van der Waals surface area (Å²) in [5.41, 5.74) is 0. The Hall–Kier alpha value is -0.830. The van der Waals surface area contributed by atoms with Crippen molar-refractivity contribution in [3.63, 3.8) is 0 Å². The first-order valence-corrected chi connectivity index (χ1v) is 3.66. The molecule has 0 spiro atoms. The Bertz CT molecular complexity index is 145. The zero-order valence-corrected chi connectivity index (χ0v) is 7.42. The molecular formula is C8H16N2O. The lowest BCUT2D eigenvalue weighted by Gasteiger charge is -2.18. The fraction of sp³-hybridized carbons (Fsp3) is 0.625. The number of carbonyl (C=O) groups excluding carboxylic acids is 1. The minimum absolute atomic E-state index is 0.0902. The summed E-state index contributed by atoms with van der Waals surface area (Å²) in [4.78, 5) is 12.9. The second-order valence-corrected chi connectivity index (χ2v) is 2.52. The van der Waals surface area contributed by atoms with Gasteiger partial charge in [0.2, 0.25) is 5.91 Å². The molecule has 11 heavy (non-hydrogen) atoms. The maximum absolute atomic E-state index is 11.3. The monoisotopic (exact) mass is 156 g/mol. The van der Waals surface area contributed by atoms with Gasteiger partial charge in [0.25, 0.3) is 0 Å². The van der Waals surface area contributed by atoms with Gasteiger partial charge < -0.3 is 10.2 Å². The smallest absolute Gasteiger partial charge is 0.239 e. The molecule has 1 amide bonds. The Morgan fingerprint density at radius 1 is 1.82 bits per heavy atom. The summed E-state index contributed by atoms with van der Waals surface area (Å²) in [7, 11) is 3.53. The average Bonchev–Trinajstić information content (AvgIpc) is 2.02. The van der Waals surface area contributed by atoms with Gasteiger partial charge in [0, 0.05) is 13.6 Å². The Kier molecular flexibility index (Phi) is 4.54. The van der Waals surface area contributed by atoms with E-state index < -0.39 is 0 Å². The van der Waals surface area contributed by atoms with E-state index in [1.807, 2.05) is 6.92 Å². The first-order chi connectivity index (χ1) is 5.13. The van der Waals surface area contributed by atoms with Crippen molar-refractivity contribution < 1.29 is 4.79 Å². The minimum atomic E-state index is -0.111. The van der Waals surface area contributed by atoms with Crippen molar-refractivity contribution in [1.82, 2.24) is 10.2 Å². The lowest BCUT2D eigenvalue weighted by Crippen LogP contribution is -2.41. The van der Waals surface area contributed by atoms with E-state index >= 15 is 0 Å². The van der Waals surface area contributed by atoms with Crippen LogP contribution in [0.5, 0.6) is 0 Å². The third-order valence-electron chi connectivity index (χ3n) is 1.58. The van der Waals surface area contributed by atoms with E-state index in [0.29, 0.717) is 6.54 Å². The van der Waals surface area contributed by atoms with Crippen LogP contribution < -0.4 is 5.32 Å². The lowest BCUT2D eigenvalue weighted by molar-refractivity contribution is -0.131. The Balaban J connectivity index is 3.90. The highest BCUT2D eigenvalue weighted by atomic mass is 16.2. The highest BCUT2D eigenvalue weighted by molar-refractivity contribution is 5.81. The number of nitrogens with one attached hydrogen (secondary N) is 1. The summed E-state index contributed by atoms with van der Waals surface area (Å²) >= 11 is 0. The molecule has 0 aromatic rings. The van der Waals surface area contributed by atoms with E-state index in [-0.39, 0.29) is 11.9 Å². The molecule has 1 atom stereocenters. The van der Waals surface area contributed by atoms with Crippen LogP contribution in [0.2, 0.25) is 0 Å². The maximum atomic E-state index is 11.3. The van der Waals surface area contributed by atoms with E-state index in [0.717, 1.165) is 0 Å². The molecule has 1 N–H and O–H groups in total. The van der Waals surface area contributed by atoms with Gasteiger partial charge in [0.15, 0.2) is 0 Å². The van der Waals surface area contributed by atoms with Gasteiger partial charge >= 0.3 is 0 Å². The molecule has 0 aromatic carbocycles. The number of hydrogen-bond acceptors (Lipinski definition) is 2. The second-order valence-electron chi connectivity index (χ2n) is 2.52. The van der Waals surface area contributed by atoms with Gasteiger partial charge in [-0.15, -0.1) is 6.58 Å². The first kappa shape index (κ1) is 10.2. The molecule has 0 rings (SSSR count). The van der Waals surface area contributed by atoms with Crippen LogP contribution in [-0.4, -0.2) is 37.5 Å². The molecule has 3 nitrogen and oxygen atoms in total. The van der Waals surface area contributed by atoms with Crippen molar-refractivity contribution in [2.24, 2.45) is 0 Å². The van der Waals surface area contributed by atoms with Gasteiger partial charge in [-0.3, -0.25) is 4.79 Å². The molecule has 0 aliphatic carbocycles. The normalized spacial score (nSPS) is 12.3. The summed E-state index contributed by atoms with van der Waals surface area (Å²) in [6.45, 7) is 5.99. The number of nitrogens with zero attached hydrogens (tertiary/aromatic N) is 1. The van der Waals surface area contributed by atoms with E-state index in [4.69, 9.17) is 0 Å². The minimum Gasteiger partial charge on any atom is -0.341 e. The highest BCUT2D eigenvalue weighted by Gasteiger charge is 2.13. The molecule has 3 heteroatoms. The van der Waals surface area contributed by atoms with Gasteiger partial charge in [-0.25, -0.2) is 0 Å². The summed E-state index contributed by atoms with van der Waals surface area (Å²) < 4.78 is 0. The molecule has 0 saturated carbocycles. The summed E-state index contributed by atoms with van der Waals surface area (Å²) in [5.74, 6) is 0.0902. The van der Waals surface area contributed by atoms with Crippen LogP contribution in [0.25, 0.3) is 0 Å². The number of likely N-dealkylation sites (N-methyl/N-ethyl adjacent to an activating group) is 2. The van der Waals surface area contributed by atoms with Gasteiger partial charge in [-0.05, 0) is 14.0 Å². The van der Waals surface area contributed by atoms with Crippen LogP contribution in [0.15, 0.2) is 12.7 Å². The van der Waals surface area contributed by atoms with Gasteiger partial charge in [0.1, 0.15) is 0 Å². The van der Waals surface area contributed by atoms with Crippen molar-refractivity contribution in [1.29, 1.82) is 0 Å². The molecule has 0 aliphatic heterocycles. The Morgan fingerprint density at radius 2 is 2.36 bits per heavy atom. The third-order valence-corrected chi connectivity index (χ3v) is 1.58. The van der Waals surface area contributed by atoms with Crippen molar-refractivity contribution in [2.75, 3.05) is 20.6 Å². The number of hydrogen-bond donors (Lipinski definition) is 1. The number of rotatable bonds is 4. The van der Waals surface area contributed by atoms with E-state index in [2.05, 4.69) is 11.9 Å². The molecule has 0 saturated heterocycles. The predicted octanol–water partition coefficient (Wildman–Crippen LogP) is 0.239. The second kappa shape index (κ2) is 4.91. The van der Waals surface area contributed by atoms with Crippen molar-refractivity contribution in [2.45, 2.75) is 13.0 Å². The third kappa shape index (κ3) is 3.18. The zero-order chi connectivity index (χ0) is 8.85. The SMILES string of the molecule is C=CCN(C)C(=O)C(C)NC. The standard InChI is InChI=1S/C8H16N2O/c1-5-6-10(4)8(11)7(2)9-3/h5,7,9H,1,6H2,2-4H3. The van der Waals surface area contributed by atoms with Gasteiger partial charge in [-0.1, -0.05) is 6.08 Å². The first-order valence-electron chi connectivity index (χ1n) is 3.66. The van der Waals surface area contributed by atoms with Crippen LogP contribution in [0.4, 0.5) is 0 Å². The van der Waals surface area contributed by atoms with Crippen LogP contribution in [-0.2, 0) is 4.79 Å². The number of amides is 1. The summed E-state index contributed by atoms with van der Waals surface area (Å²) in [6, 6.07) is -0.111. The summed E-state index contributed by atoms with van der Waals surface area (Å²) in [6.07, 6.45) is 1.71. The zero-order valence-electron chi connectivity index (χ0n) is 7.42. The highest BCUT2D eigenvalue weighted by Crippen LogP contribution is 1.90. The fourth-order valence-corrected chi connectivity index (χ4v) is 0.738. The number of carbonyl (C=O) groups is 1. The average molecular weight is 156 g/mol. The Labute approximate surface area is 68.1 Å². The van der Waals surface area contributed by atoms with Crippen LogP contribution >= 0.6 is 0 Å². The molecule has 1 unspecified atom stereocenters. The summed E-state index contributed by atoms with van der Waals surface area (Å²) in [5, 5.41) is 2.88. The maximum Gasteiger partial charge on any atom is 0.239 e. The van der Waals surface area contributed by atoms with Crippen molar-refractivity contribution >= 4 is 5.91 Å². The van der Waals surface area contributed by atoms with Crippen molar-refractivity contribution in [3.8, 4) is 0 Å². The topological polar surface area (TPSA) is 32.3 Å². The molecule has 0 fully saturated rings. The van der Waals surface area contributed by atoms with E-state index in [1.165, 1.54) is 0 Å². The van der Waals surface area contributed by atoms with Gasteiger partial charge in [0.05, 0.1) is 6.04 Å². The molecule has 0 aliphatic rings. The molecule has 0 aromatic heterocycles. The molecule has 0 radical (unpaired) electrons. The molecular weight excluding hydrogens is 140 g/mol. The van der Waals surface area contributed by atoms with Crippen LogP contribution in [0.1, 0.15) is 6.92 Å². The van der Waals surface area contributed by atoms with E-state index in [1.54, 1.807) is 25.1 Å². The van der Waals surface area contributed by atoms with Gasteiger partial charge in [-0.2, -0.15) is 0 Å².